The molecule has 0 aliphatic rings. The van der Waals surface area contributed by atoms with Crippen molar-refractivity contribution in [2.75, 3.05) is 19.0 Å². The van der Waals surface area contributed by atoms with Crippen LogP contribution in [0.3, 0.4) is 0 Å². The molecule has 3 heterocycles. The molecule has 0 aliphatic heterocycles. The maximum atomic E-state index is 14.0. The van der Waals surface area contributed by atoms with Crippen LogP contribution in [-0.2, 0) is 4.79 Å². The number of nitrogens with one attached hydrogen (secondary N) is 2. The molecule has 0 saturated heterocycles. The number of halogens is 2. The van der Waals surface area contributed by atoms with E-state index in [1.807, 2.05) is 13.8 Å². The van der Waals surface area contributed by atoms with E-state index >= 15 is 0 Å². The smallest absolute Gasteiger partial charge is 0.275 e. The van der Waals surface area contributed by atoms with Gasteiger partial charge in [-0.3, -0.25) is 9.59 Å². The summed E-state index contributed by atoms with van der Waals surface area (Å²) in [5, 5.41) is 16.0. The molecule has 3 N–H and O–H groups in total. The molecule has 1 unspecified atom stereocenters. The Morgan fingerprint density at radius 1 is 1.21 bits per heavy atom. The highest BCUT2D eigenvalue weighted by atomic mass is 35.5. The quantitative estimate of drug-likeness (QED) is 0.295. The first-order valence-corrected chi connectivity index (χ1v) is 12.3. The molecule has 10 nitrogen and oxygen atoms in total. The lowest BCUT2D eigenvalue weighted by Crippen LogP contribution is -2.39. The largest absolute Gasteiger partial charge is 0.497 e. The van der Waals surface area contributed by atoms with Gasteiger partial charge < -0.3 is 29.4 Å². The number of anilines is 1. The minimum atomic E-state index is -0.931. The van der Waals surface area contributed by atoms with E-state index in [4.69, 9.17) is 16.3 Å². The van der Waals surface area contributed by atoms with E-state index in [0.29, 0.717) is 33.3 Å². The van der Waals surface area contributed by atoms with Gasteiger partial charge in [-0.05, 0) is 44.5 Å². The van der Waals surface area contributed by atoms with Crippen LogP contribution in [0.25, 0.3) is 16.8 Å². The number of amides is 1. The molecule has 0 fully saturated rings. The van der Waals surface area contributed by atoms with Crippen molar-refractivity contribution in [3.05, 3.63) is 75.8 Å². The predicted molar refractivity (Wildman–Crippen MR) is 142 cm³/mol. The van der Waals surface area contributed by atoms with E-state index in [1.54, 1.807) is 29.8 Å². The van der Waals surface area contributed by atoms with Crippen LogP contribution in [-0.4, -0.2) is 49.7 Å². The lowest BCUT2D eigenvalue weighted by Gasteiger charge is -2.21. The zero-order valence-electron chi connectivity index (χ0n) is 21.3. The SMILES string of the molecule is COc1cc(F)cc([C@@H](CO)NC(=O)C(C)n2ccn3cc(-c4nc(NC(C)C)ncc4Cl)cc3c2=O)c1. The summed E-state index contributed by atoms with van der Waals surface area (Å²) in [4.78, 5) is 35.1. The highest BCUT2D eigenvalue weighted by molar-refractivity contribution is 6.32. The Labute approximate surface area is 223 Å². The zero-order chi connectivity index (χ0) is 27.6. The van der Waals surface area contributed by atoms with Gasteiger partial charge in [0.1, 0.15) is 23.1 Å². The topological polar surface area (TPSA) is 123 Å². The summed E-state index contributed by atoms with van der Waals surface area (Å²) in [6, 6.07) is 3.85. The van der Waals surface area contributed by atoms with Crippen LogP contribution in [0.2, 0.25) is 5.02 Å². The van der Waals surface area contributed by atoms with Crippen molar-refractivity contribution in [2.45, 2.75) is 38.9 Å². The lowest BCUT2D eigenvalue weighted by molar-refractivity contribution is -0.125. The molecule has 0 radical (unpaired) electrons. The highest BCUT2D eigenvalue weighted by Crippen LogP contribution is 2.28. The monoisotopic (exact) mass is 542 g/mol. The summed E-state index contributed by atoms with van der Waals surface area (Å²) < 4.78 is 21.9. The van der Waals surface area contributed by atoms with Crippen molar-refractivity contribution < 1.29 is 19.0 Å². The lowest BCUT2D eigenvalue weighted by atomic mass is 10.1. The number of hydrogen-bond acceptors (Lipinski definition) is 7. The third-order valence-corrected chi connectivity index (χ3v) is 6.23. The van der Waals surface area contributed by atoms with Crippen LogP contribution in [0.5, 0.6) is 5.75 Å². The molecule has 200 valence electrons. The van der Waals surface area contributed by atoms with Crippen molar-refractivity contribution in [2.24, 2.45) is 0 Å². The molecule has 4 rings (SSSR count). The van der Waals surface area contributed by atoms with Gasteiger partial charge in [0.05, 0.1) is 36.7 Å². The fourth-order valence-corrected chi connectivity index (χ4v) is 4.21. The fraction of sp³-hybridized carbons (Fsp3) is 0.308. The molecule has 38 heavy (non-hydrogen) atoms. The highest BCUT2D eigenvalue weighted by Gasteiger charge is 2.23. The molecule has 1 aromatic carbocycles. The third kappa shape index (κ3) is 5.63. The van der Waals surface area contributed by atoms with Gasteiger partial charge in [0.15, 0.2) is 0 Å². The Bertz CT molecular complexity index is 1540. The van der Waals surface area contributed by atoms with E-state index in [-0.39, 0.29) is 11.8 Å². The summed E-state index contributed by atoms with van der Waals surface area (Å²) in [5.41, 5.74) is 1.29. The second-order valence-electron chi connectivity index (χ2n) is 9.07. The van der Waals surface area contributed by atoms with Crippen molar-refractivity contribution in [3.8, 4) is 17.0 Å². The van der Waals surface area contributed by atoms with Gasteiger partial charge in [0, 0.05) is 36.3 Å². The number of carbonyl (C=O) groups is 1. The first-order valence-electron chi connectivity index (χ1n) is 11.9. The minimum absolute atomic E-state index is 0.116. The molecule has 0 spiro atoms. The van der Waals surface area contributed by atoms with E-state index in [2.05, 4.69) is 20.6 Å². The number of carbonyl (C=O) groups excluding carboxylic acids is 1. The Kier molecular flexibility index (Phi) is 7.98. The van der Waals surface area contributed by atoms with Crippen molar-refractivity contribution in [3.63, 3.8) is 0 Å². The van der Waals surface area contributed by atoms with E-state index in [9.17, 15) is 19.1 Å². The maximum Gasteiger partial charge on any atom is 0.275 e. The molecule has 4 aromatic rings. The van der Waals surface area contributed by atoms with Crippen molar-refractivity contribution in [1.29, 1.82) is 0 Å². The van der Waals surface area contributed by atoms with E-state index in [1.165, 1.54) is 42.3 Å². The molecule has 0 saturated carbocycles. The predicted octanol–water partition coefficient (Wildman–Crippen LogP) is 3.59. The first kappa shape index (κ1) is 27.1. The number of fused-ring (bicyclic) bond motifs is 1. The van der Waals surface area contributed by atoms with Crippen LogP contribution in [0.15, 0.2) is 53.8 Å². The number of nitrogens with zero attached hydrogens (tertiary/aromatic N) is 4. The maximum absolute atomic E-state index is 14.0. The number of benzene rings is 1. The molecule has 3 aromatic heterocycles. The number of aromatic nitrogens is 4. The summed E-state index contributed by atoms with van der Waals surface area (Å²) in [6.45, 7) is 5.00. The molecular weight excluding hydrogens is 515 g/mol. The first-order chi connectivity index (χ1) is 18.1. The number of aliphatic hydroxyl groups is 1. The normalized spacial score (nSPS) is 12.9. The van der Waals surface area contributed by atoms with E-state index in [0.717, 1.165) is 0 Å². The molecule has 2 atom stereocenters. The van der Waals surface area contributed by atoms with Gasteiger partial charge in [0.2, 0.25) is 11.9 Å². The van der Waals surface area contributed by atoms with Gasteiger partial charge in [-0.25, -0.2) is 14.4 Å². The van der Waals surface area contributed by atoms with Gasteiger partial charge in [-0.15, -0.1) is 0 Å². The van der Waals surface area contributed by atoms with Crippen LogP contribution in [0, 0.1) is 5.82 Å². The van der Waals surface area contributed by atoms with Gasteiger partial charge >= 0.3 is 0 Å². The number of ether oxygens (including phenoxy) is 1. The van der Waals surface area contributed by atoms with E-state index < -0.39 is 36.0 Å². The number of methoxy groups -OCH3 is 1. The third-order valence-electron chi connectivity index (χ3n) is 5.95. The average Bonchev–Trinajstić information content (AvgIpc) is 3.32. The molecule has 1 amide bonds. The fourth-order valence-electron chi connectivity index (χ4n) is 4.01. The molecule has 0 bridgehead atoms. The summed E-state index contributed by atoms with van der Waals surface area (Å²) in [7, 11) is 1.39. The zero-order valence-corrected chi connectivity index (χ0v) is 22.0. The van der Waals surface area contributed by atoms with Crippen LogP contribution >= 0.6 is 11.6 Å². The molecule has 12 heteroatoms. The average molecular weight is 543 g/mol. The number of aliphatic hydroxyl groups excluding tert-OH is 1. The number of hydrogen-bond donors (Lipinski definition) is 3. The Hall–Kier alpha value is -3.96. The Morgan fingerprint density at radius 2 is 1.97 bits per heavy atom. The molecular formula is C26H28ClFN6O4. The van der Waals surface area contributed by atoms with Crippen molar-refractivity contribution >= 4 is 29.0 Å². The second-order valence-corrected chi connectivity index (χ2v) is 9.47. The van der Waals surface area contributed by atoms with Crippen molar-refractivity contribution in [1.82, 2.24) is 24.3 Å². The Morgan fingerprint density at radius 3 is 2.66 bits per heavy atom. The van der Waals surface area contributed by atoms with Gasteiger partial charge in [-0.2, -0.15) is 0 Å². The van der Waals surface area contributed by atoms with Crippen LogP contribution in [0.1, 0.15) is 38.4 Å². The molecule has 0 aliphatic carbocycles. The standard InChI is InChI=1S/C26H28ClFN6O4/c1-14(2)30-26-29-11-20(27)23(32-26)17-9-22-25(37)34(6-5-33(22)12-17)15(3)24(36)31-21(13-35)16-7-18(28)10-19(8-16)38-4/h5-12,14-15,21,35H,13H2,1-4H3,(H,31,36)(H,29,30,32)/t15?,21-/m1/s1. The number of rotatable bonds is 9. The van der Waals surface area contributed by atoms with Gasteiger partial charge in [-0.1, -0.05) is 11.6 Å². The summed E-state index contributed by atoms with van der Waals surface area (Å²) in [6.07, 6.45) is 6.36. The van der Waals surface area contributed by atoms with Crippen LogP contribution in [0.4, 0.5) is 10.3 Å². The minimum Gasteiger partial charge on any atom is -0.497 e. The second kappa shape index (κ2) is 11.2. The van der Waals surface area contributed by atoms with Crippen LogP contribution < -0.4 is 20.9 Å². The summed E-state index contributed by atoms with van der Waals surface area (Å²) >= 11 is 6.35. The Balaban J connectivity index is 1.62. The van der Waals surface area contributed by atoms with Gasteiger partial charge in [0.25, 0.3) is 5.56 Å². The summed E-state index contributed by atoms with van der Waals surface area (Å²) in [5.74, 6) is -0.440.